The molecule has 148 valence electrons. The lowest BCUT2D eigenvalue weighted by molar-refractivity contribution is -0.112. The van der Waals surface area contributed by atoms with Crippen molar-refractivity contribution >= 4 is 28.9 Å². The summed E-state index contributed by atoms with van der Waals surface area (Å²) in [5.74, 6) is -1.04. The number of anilines is 2. The number of likely N-dealkylation sites (N-methyl/N-ethyl adjacent to an activating group) is 1. The molecule has 0 saturated carbocycles. The minimum atomic E-state index is -0.565. The molecule has 0 aliphatic carbocycles. The number of nitrogens with zero attached hydrogens (tertiary/aromatic N) is 2. The first kappa shape index (κ1) is 20.3. The van der Waals surface area contributed by atoms with Gasteiger partial charge >= 0.3 is 0 Å². The van der Waals surface area contributed by atoms with Crippen LogP contribution in [0.15, 0.2) is 48.0 Å². The fraction of sp³-hybridized carbons (Fsp3) is 0.250. The standard InChI is InChI=1S/C24H24FN3O/c1-15-8-6-7-9-21(15)27-23(29)18(14-26)10-17-11-19-16(2)13-24(3,4)28(5)22(19)12-20(17)25/h6-13H,1-5H3,(H,27,29)/b18-10+. The van der Waals surface area contributed by atoms with Gasteiger partial charge in [-0.25, -0.2) is 4.39 Å². The molecule has 1 amide bonds. The lowest BCUT2D eigenvalue weighted by Crippen LogP contribution is -2.42. The Balaban J connectivity index is 1.99. The van der Waals surface area contributed by atoms with E-state index < -0.39 is 11.7 Å². The Labute approximate surface area is 171 Å². The summed E-state index contributed by atoms with van der Waals surface area (Å²) in [6.45, 7) is 7.97. The molecule has 0 atom stereocenters. The van der Waals surface area contributed by atoms with Crippen LogP contribution < -0.4 is 10.2 Å². The highest BCUT2D eigenvalue weighted by atomic mass is 19.1. The Bertz CT molecular complexity index is 1090. The van der Waals surface area contributed by atoms with E-state index in [2.05, 4.69) is 25.2 Å². The second kappa shape index (κ2) is 7.56. The molecule has 2 aromatic rings. The third-order valence-electron chi connectivity index (χ3n) is 5.39. The van der Waals surface area contributed by atoms with Crippen molar-refractivity contribution in [3.63, 3.8) is 0 Å². The van der Waals surface area contributed by atoms with Crippen molar-refractivity contribution in [2.75, 3.05) is 17.3 Å². The highest BCUT2D eigenvalue weighted by Crippen LogP contribution is 2.39. The number of allylic oxidation sites excluding steroid dienone is 1. The van der Waals surface area contributed by atoms with Crippen molar-refractivity contribution in [1.82, 2.24) is 0 Å². The first-order valence-electron chi connectivity index (χ1n) is 9.40. The summed E-state index contributed by atoms with van der Waals surface area (Å²) in [5.41, 5.74) is 4.02. The molecule has 29 heavy (non-hydrogen) atoms. The van der Waals surface area contributed by atoms with E-state index in [1.54, 1.807) is 18.2 Å². The fourth-order valence-electron chi connectivity index (χ4n) is 3.51. The fourth-order valence-corrected chi connectivity index (χ4v) is 3.51. The molecule has 0 aromatic heterocycles. The van der Waals surface area contributed by atoms with Crippen LogP contribution in [0.2, 0.25) is 0 Å². The van der Waals surface area contributed by atoms with E-state index in [0.717, 1.165) is 22.4 Å². The molecule has 0 radical (unpaired) electrons. The third-order valence-corrected chi connectivity index (χ3v) is 5.39. The minimum absolute atomic E-state index is 0.154. The largest absolute Gasteiger partial charge is 0.365 e. The van der Waals surface area contributed by atoms with E-state index in [9.17, 15) is 14.4 Å². The monoisotopic (exact) mass is 389 g/mol. The van der Waals surface area contributed by atoms with Gasteiger partial charge in [-0.2, -0.15) is 5.26 Å². The van der Waals surface area contributed by atoms with E-state index in [1.807, 2.05) is 44.0 Å². The van der Waals surface area contributed by atoms with Crippen molar-refractivity contribution in [3.8, 4) is 6.07 Å². The number of nitriles is 1. The summed E-state index contributed by atoms with van der Waals surface area (Å²) >= 11 is 0. The van der Waals surface area contributed by atoms with Gasteiger partial charge in [-0.3, -0.25) is 4.79 Å². The molecule has 0 fully saturated rings. The highest BCUT2D eigenvalue weighted by Gasteiger charge is 2.29. The van der Waals surface area contributed by atoms with E-state index in [4.69, 9.17) is 0 Å². The average molecular weight is 389 g/mol. The number of nitrogens with one attached hydrogen (secondary N) is 1. The zero-order valence-electron chi connectivity index (χ0n) is 17.3. The predicted octanol–water partition coefficient (Wildman–Crippen LogP) is 5.31. The molecular formula is C24H24FN3O. The van der Waals surface area contributed by atoms with Gasteiger partial charge in [0.2, 0.25) is 0 Å². The molecule has 0 spiro atoms. The first-order chi connectivity index (χ1) is 13.6. The van der Waals surface area contributed by atoms with E-state index in [-0.39, 0.29) is 16.7 Å². The Morgan fingerprint density at radius 3 is 2.59 bits per heavy atom. The quantitative estimate of drug-likeness (QED) is 0.572. The Kier molecular flexibility index (Phi) is 5.30. The zero-order chi connectivity index (χ0) is 21.3. The number of rotatable bonds is 3. The summed E-state index contributed by atoms with van der Waals surface area (Å²) in [6.07, 6.45) is 3.42. The summed E-state index contributed by atoms with van der Waals surface area (Å²) in [6, 6.07) is 12.3. The molecule has 5 heteroatoms. The van der Waals surface area contributed by atoms with Crippen molar-refractivity contribution < 1.29 is 9.18 Å². The second-order valence-corrected chi connectivity index (χ2v) is 7.87. The van der Waals surface area contributed by atoms with E-state index in [1.165, 1.54) is 12.1 Å². The van der Waals surface area contributed by atoms with Crippen LogP contribution >= 0.6 is 0 Å². The number of benzene rings is 2. The predicted molar refractivity (Wildman–Crippen MR) is 116 cm³/mol. The Hall–Kier alpha value is -3.39. The maximum absolute atomic E-state index is 14.8. The Morgan fingerprint density at radius 1 is 1.24 bits per heavy atom. The van der Waals surface area contributed by atoms with Gasteiger partial charge in [0.05, 0.1) is 5.54 Å². The van der Waals surface area contributed by atoms with Gasteiger partial charge in [0.15, 0.2) is 0 Å². The molecule has 2 aromatic carbocycles. The summed E-state index contributed by atoms with van der Waals surface area (Å²) < 4.78 is 14.8. The van der Waals surface area contributed by atoms with Gasteiger partial charge in [0.25, 0.3) is 5.91 Å². The maximum Gasteiger partial charge on any atom is 0.266 e. The van der Waals surface area contributed by atoms with Crippen LogP contribution in [0.4, 0.5) is 15.8 Å². The summed E-state index contributed by atoms with van der Waals surface area (Å²) in [7, 11) is 1.92. The zero-order valence-corrected chi connectivity index (χ0v) is 17.3. The van der Waals surface area contributed by atoms with Crippen LogP contribution in [0.3, 0.4) is 0 Å². The van der Waals surface area contributed by atoms with E-state index in [0.29, 0.717) is 5.69 Å². The number of hydrogen-bond donors (Lipinski definition) is 1. The van der Waals surface area contributed by atoms with Crippen LogP contribution in [0.25, 0.3) is 11.6 Å². The third kappa shape index (κ3) is 3.93. The SMILES string of the molecule is CC1=CC(C)(C)N(C)c2cc(F)c(/C=C(\C#N)C(=O)Nc3ccccc3C)cc21. The molecule has 3 rings (SSSR count). The molecule has 4 nitrogen and oxygen atoms in total. The Morgan fingerprint density at radius 2 is 1.93 bits per heavy atom. The van der Waals surface area contributed by atoms with Crippen LogP contribution in [-0.4, -0.2) is 18.5 Å². The number of para-hydroxylation sites is 1. The number of fused-ring (bicyclic) bond motifs is 1. The summed E-state index contributed by atoms with van der Waals surface area (Å²) in [4.78, 5) is 14.6. The molecule has 1 aliphatic rings. The van der Waals surface area contributed by atoms with Crippen molar-refractivity contribution in [2.45, 2.75) is 33.2 Å². The van der Waals surface area contributed by atoms with Crippen LogP contribution in [0.5, 0.6) is 0 Å². The normalized spacial score (nSPS) is 15.3. The second-order valence-electron chi connectivity index (χ2n) is 7.87. The number of carbonyl (C=O) groups is 1. The molecular weight excluding hydrogens is 365 g/mol. The lowest BCUT2D eigenvalue weighted by Gasteiger charge is -2.40. The lowest BCUT2D eigenvalue weighted by atomic mass is 9.88. The van der Waals surface area contributed by atoms with E-state index >= 15 is 0 Å². The van der Waals surface area contributed by atoms with Gasteiger partial charge in [0.1, 0.15) is 17.5 Å². The number of hydrogen-bond acceptors (Lipinski definition) is 3. The number of aryl methyl sites for hydroxylation is 1. The molecule has 0 saturated heterocycles. The van der Waals surface area contributed by atoms with Gasteiger partial charge in [-0.15, -0.1) is 0 Å². The van der Waals surface area contributed by atoms with Gasteiger partial charge in [0, 0.05) is 29.5 Å². The molecule has 0 unspecified atom stereocenters. The van der Waals surface area contributed by atoms with Gasteiger partial charge in [-0.1, -0.05) is 24.3 Å². The molecule has 1 N–H and O–H groups in total. The highest BCUT2D eigenvalue weighted by molar-refractivity contribution is 6.10. The number of halogens is 1. The van der Waals surface area contributed by atoms with Crippen molar-refractivity contribution in [3.05, 3.63) is 70.6 Å². The van der Waals surface area contributed by atoms with Crippen molar-refractivity contribution in [2.24, 2.45) is 0 Å². The van der Waals surface area contributed by atoms with Crippen LogP contribution in [-0.2, 0) is 4.79 Å². The topological polar surface area (TPSA) is 56.1 Å². The maximum atomic E-state index is 14.8. The van der Waals surface area contributed by atoms with Crippen molar-refractivity contribution in [1.29, 1.82) is 5.26 Å². The molecule has 1 aliphatic heterocycles. The van der Waals surface area contributed by atoms with Crippen LogP contribution in [0.1, 0.15) is 37.5 Å². The first-order valence-corrected chi connectivity index (χ1v) is 9.40. The van der Waals surface area contributed by atoms with Gasteiger partial charge < -0.3 is 10.2 Å². The van der Waals surface area contributed by atoms with Gasteiger partial charge in [-0.05, 0) is 63.1 Å². The summed E-state index contributed by atoms with van der Waals surface area (Å²) in [5, 5.41) is 12.2. The van der Waals surface area contributed by atoms with Crippen LogP contribution in [0, 0.1) is 24.1 Å². The molecule has 1 heterocycles. The number of carbonyl (C=O) groups excluding carboxylic acids is 1. The minimum Gasteiger partial charge on any atom is -0.365 e. The smallest absolute Gasteiger partial charge is 0.266 e. The average Bonchev–Trinajstić information content (AvgIpc) is 2.66. The molecule has 0 bridgehead atoms. The number of amides is 1.